The van der Waals surface area contributed by atoms with Gasteiger partial charge in [-0.05, 0) is 18.1 Å². The molecule has 3 heterocycles. The number of carbonyl (C=O) groups is 1. The van der Waals surface area contributed by atoms with Gasteiger partial charge in [-0.1, -0.05) is 24.3 Å². The topological polar surface area (TPSA) is 83.9 Å². The predicted octanol–water partition coefficient (Wildman–Crippen LogP) is 1.28. The quantitative estimate of drug-likeness (QED) is 0.674. The highest BCUT2D eigenvalue weighted by Gasteiger charge is 2.22. The molecule has 4 rings (SSSR count). The van der Waals surface area contributed by atoms with Crippen molar-refractivity contribution in [1.29, 1.82) is 0 Å². The second-order valence-corrected chi connectivity index (χ2v) is 5.79. The molecule has 1 amide bonds. The first-order chi connectivity index (χ1) is 11.8. The standard InChI is InChI=1S/C17H18N6O/c24-17(14-6-9-19-21-14)20-15-7-10-23(22-15)11-13-4-1-3-12-5-2-8-18-16(12)13/h1-5,7-8,10,14,19,21H,6,9,11H2,(H,20,22,24). The molecule has 0 bridgehead atoms. The Hall–Kier alpha value is -2.77. The summed E-state index contributed by atoms with van der Waals surface area (Å²) in [5.41, 5.74) is 7.96. The van der Waals surface area contributed by atoms with E-state index in [0.29, 0.717) is 12.4 Å². The summed E-state index contributed by atoms with van der Waals surface area (Å²) in [7, 11) is 0. The van der Waals surface area contributed by atoms with Crippen LogP contribution in [0.1, 0.15) is 12.0 Å². The molecule has 7 nitrogen and oxygen atoms in total. The third-order valence-electron chi connectivity index (χ3n) is 4.09. The first-order valence-corrected chi connectivity index (χ1v) is 7.95. The molecule has 1 unspecified atom stereocenters. The predicted molar refractivity (Wildman–Crippen MR) is 91.2 cm³/mol. The van der Waals surface area contributed by atoms with Crippen LogP contribution in [-0.2, 0) is 11.3 Å². The first-order valence-electron chi connectivity index (χ1n) is 7.95. The number of fused-ring (bicyclic) bond motifs is 1. The van der Waals surface area contributed by atoms with Gasteiger partial charge in [-0.25, -0.2) is 5.43 Å². The Bertz CT molecular complexity index is 863. The average Bonchev–Trinajstić information content (AvgIpc) is 3.27. The maximum atomic E-state index is 12.1. The van der Waals surface area contributed by atoms with Crippen LogP contribution in [0.4, 0.5) is 5.82 Å². The van der Waals surface area contributed by atoms with Crippen LogP contribution in [0.2, 0.25) is 0 Å². The van der Waals surface area contributed by atoms with E-state index in [0.717, 1.165) is 29.4 Å². The first kappa shape index (κ1) is 14.8. The Kier molecular flexibility index (Phi) is 3.94. The van der Waals surface area contributed by atoms with Crippen molar-refractivity contribution in [3.05, 3.63) is 54.4 Å². The van der Waals surface area contributed by atoms with Crippen LogP contribution in [0, 0.1) is 0 Å². The normalized spacial score (nSPS) is 17.2. The molecule has 1 fully saturated rings. The molecule has 122 valence electrons. The number of aromatic nitrogens is 3. The molecule has 7 heteroatoms. The monoisotopic (exact) mass is 322 g/mol. The zero-order valence-corrected chi connectivity index (χ0v) is 13.1. The zero-order chi connectivity index (χ0) is 16.4. The van der Waals surface area contributed by atoms with Crippen LogP contribution in [0.3, 0.4) is 0 Å². The molecular formula is C17H18N6O. The highest BCUT2D eigenvalue weighted by Crippen LogP contribution is 2.17. The molecule has 1 aromatic carbocycles. The molecule has 0 aliphatic carbocycles. The third-order valence-corrected chi connectivity index (χ3v) is 4.09. The third kappa shape index (κ3) is 2.99. The highest BCUT2D eigenvalue weighted by atomic mass is 16.2. The van der Waals surface area contributed by atoms with E-state index in [4.69, 9.17) is 0 Å². The van der Waals surface area contributed by atoms with Crippen molar-refractivity contribution in [1.82, 2.24) is 25.6 Å². The van der Waals surface area contributed by atoms with Crippen LogP contribution in [0.15, 0.2) is 48.8 Å². The summed E-state index contributed by atoms with van der Waals surface area (Å²) < 4.78 is 1.80. The molecule has 3 N–H and O–H groups in total. The number of hydrogen-bond donors (Lipinski definition) is 3. The van der Waals surface area contributed by atoms with Crippen LogP contribution in [0.25, 0.3) is 10.9 Å². The summed E-state index contributed by atoms with van der Waals surface area (Å²) in [5, 5.41) is 8.38. The fourth-order valence-corrected chi connectivity index (χ4v) is 2.88. The Labute approximate surface area is 139 Å². The molecule has 0 radical (unpaired) electrons. The van der Waals surface area contributed by atoms with Crippen LogP contribution in [0.5, 0.6) is 0 Å². The van der Waals surface area contributed by atoms with Crippen molar-refractivity contribution in [2.24, 2.45) is 0 Å². The van der Waals surface area contributed by atoms with Crippen molar-refractivity contribution in [2.45, 2.75) is 19.0 Å². The van der Waals surface area contributed by atoms with E-state index in [2.05, 4.69) is 26.3 Å². The van der Waals surface area contributed by atoms with E-state index in [1.54, 1.807) is 16.9 Å². The summed E-state index contributed by atoms with van der Waals surface area (Å²) in [5.74, 6) is 0.485. The molecule has 2 aromatic heterocycles. The molecular weight excluding hydrogens is 304 g/mol. The van der Waals surface area contributed by atoms with Gasteiger partial charge >= 0.3 is 0 Å². The van der Waals surface area contributed by atoms with Crippen LogP contribution >= 0.6 is 0 Å². The summed E-state index contributed by atoms with van der Waals surface area (Å²) in [6.45, 7) is 1.40. The second kappa shape index (κ2) is 6.38. The van der Waals surface area contributed by atoms with Gasteiger partial charge < -0.3 is 5.32 Å². The van der Waals surface area contributed by atoms with Gasteiger partial charge in [0.25, 0.3) is 0 Å². The van der Waals surface area contributed by atoms with Crippen LogP contribution < -0.4 is 16.2 Å². The lowest BCUT2D eigenvalue weighted by Gasteiger charge is -2.08. The van der Waals surface area contributed by atoms with Gasteiger partial charge in [0.15, 0.2) is 5.82 Å². The summed E-state index contributed by atoms with van der Waals surface area (Å²) in [6, 6.07) is 11.7. The summed E-state index contributed by atoms with van der Waals surface area (Å²) in [6.07, 6.45) is 4.43. The molecule has 24 heavy (non-hydrogen) atoms. The molecule has 1 atom stereocenters. The average molecular weight is 322 g/mol. The number of nitrogens with zero attached hydrogens (tertiary/aromatic N) is 3. The number of anilines is 1. The number of nitrogens with one attached hydrogen (secondary N) is 3. The minimum atomic E-state index is -0.211. The molecule has 1 aliphatic rings. The molecule has 0 spiro atoms. The smallest absolute Gasteiger partial charge is 0.244 e. The van der Waals surface area contributed by atoms with E-state index in [-0.39, 0.29) is 11.9 Å². The summed E-state index contributed by atoms with van der Waals surface area (Å²) in [4.78, 5) is 16.5. The number of para-hydroxylation sites is 1. The van der Waals surface area contributed by atoms with Crippen molar-refractivity contribution in [3.63, 3.8) is 0 Å². The van der Waals surface area contributed by atoms with Crippen LogP contribution in [-0.4, -0.2) is 33.3 Å². The fraction of sp³-hybridized carbons (Fsp3) is 0.235. The summed E-state index contributed by atoms with van der Waals surface area (Å²) >= 11 is 0. The highest BCUT2D eigenvalue weighted by molar-refractivity contribution is 5.94. The van der Waals surface area contributed by atoms with Gasteiger partial charge in [0.2, 0.25) is 5.91 Å². The Morgan fingerprint density at radius 3 is 3.08 bits per heavy atom. The molecule has 1 aliphatic heterocycles. The van der Waals surface area contributed by atoms with E-state index >= 15 is 0 Å². The molecule has 1 saturated heterocycles. The van der Waals surface area contributed by atoms with E-state index in [1.807, 2.05) is 36.5 Å². The Balaban J connectivity index is 1.49. The maximum absolute atomic E-state index is 12.1. The number of pyridine rings is 1. The van der Waals surface area contributed by atoms with Crippen molar-refractivity contribution >= 4 is 22.6 Å². The lowest BCUT2D eigenvalue weighted by Crippen LogP contribution is -2.39. The zero-order valence-electron chi connectivity index (χ0n) is 13.1. The SMILES string of the molecule is O=C(Nc1ccn(Cc2cccc3cccnc23)n1)C1CCNN1. The number of amides is 1. The molecule has 0 saturated carbocycles. The van der Waals surface area contributed by atoms with Crippen molar-refractivity contribution < 1.29 is 4.79 Å². The van der Waals surface area contributed by atoms with Gasteiger partial charge in [0, 0.05) is 30.4 Å². The largest absolute Gasteiger partial charge is 0.308 e. The minimum Gasteiger partial charge on any atom is -0.308 e. The number of rotatable bonds is 4. The van der Waals surface area contributed by atoms with E-state index in [1.165, 1.54) is 0 Å². The minimum absolute atomic E-state index is 0.0722. The number of hydrazine groups is 1. The lowest BCUT2D eigenvalue weighted by molar-refractivity contribution is -0.117. The van der Waals surface area contributed by atoms with Gasteiger partial charge in [0.05, 0.1) is 12.1 Å². The van der Waals surface area contributed by atoms with Gasteiger partial charge in [-0.2, -0.15) is 5.10 Å². The Morgan fingerprint density at radius 1 is 1.29 bits per heavy atom. The maximum Gasteiger partial charge on any atom is 0.244 e. The van der Waals surface area contributed by atoms with Gasteiger partial charge in [-0.3, -0.25) is 19.9 Å². The van der Waals surface area contributed by atoms with Gasteiger partial charge in [-0.15, -0.1) is 0 Å². The number of hydrogen-bond acceptors (Lipinski definition) is 5. The lowest BCUT2D eigenvalue weighted by atomic mass is 10.1. The van der Waals surface area contributed by atoms with E-state index in [9.17, 15) is 4.79 Å². The van der Waals surface area contributed by atoms with Crippen molar-refractivity contribution in [2.75, 3.05) is 11.9 Å². The fourth-order valence-electron chi connectivity index (χ4n) is 2.88. The molecule has 3 aromatic rings. The van der Waals surface area contributed by atoms with E-state index < -0.39 is 0 Å². The van der Waals surface area contributed by atoms with Crippen molar-refractivity contribution in [3.8, 4) is 0 Å². The Morgan fingerprint density at radius 2 is 2.21 bits per heavy atom. The number of carbonyl (C=O) groups excluding carboxylic acids is 1. The van der Waals surface area contributed by atoms with Gasteiger partial charge in [0.1, 0.15) is 6.04 Å². The number of benzene rings is 1. The second-order valence-electron chi connectivity index (χ2n) is 5.79.